The number of hydrogen-bond acceptors (Lipinski definition) is 3. The summed E-state index contributed by atoms with van der Waals surface area (Å²) in [6.07, 6.45) is 0.575. The zero-order valence-electron chi connectivity index (χ0n) is 9.82. The van der Waals surface area contributed by atoms with E-state index in [1.54, 1.807) is 20.8 Å². The first-order chi connectivity index (χ1) is 7.31. The second-order valence-corrected chi connectivity index (χ2v) is 4.64. The van der Waals surface area contributed by atoms with Gasteiger partial charge in [-0.2, -0.15) is 0 Å². The fraction of sp³-hybridized carbons (Fsp3) is 0.727. The van der Waals surface area contributed by atoms with Crippen LogP contribution in [0.15, 0.2) is 0 Å². The van der Waals surface area contributed by atoms with E-state index in [9.17, 15) is 14.4 Å². The Hall–Kier alpha value is -1.39. The Morgan fingerprint density at radius 2 is 2.12 bits per heavy atom. The van der Waals surface area contributed by atoms with Gasteiger partial charge < -0.3 is 5.11 Å². The number of aliphatic carboxylic acids is 1. The molecule has 16 heavy (non-hydrogen) atoms. The third-order valence-corrected chi connectivity index (χ3v) is 3.27. The molecule has 0 aromatic carbocycles. The predicted molar refractivity (Wildman–Crippen MR) is 56.5 cm³/mol. The summed E-state index contributed by atoms with van der Waals surface area (Å²) < 4.78 is 0. The van der Waals surface area contributed by atoms with Gasteiger partial charge in [0.1, 0.15) is 0 Å². The van der Waals surface area contributed by atoms with Crippen molar-refractivity contribution in [2.75, 3.05) is 6.54 Å². The van der Waals surface area contributed by atoms with Gasteiger partial charge in [-0.25, -0.2) is 0 Å². The zero-order chi connectivity index (χ0) is 12.5. The first-order valence-corrected chi connectivity index (χ1v) is 5.39. The van der Waals surface area contributed by atoms with E-state index < -0.39 is 11.4 Å². The maximum absolute atomic E-state index is 11.6. The summed E-state index contributed by atoms with van der Waals surface area (Å²) in [6, 6.07) is 0. The number of nitrogens with zero attached hydrogens (tertiary/aromatic N) is 1. The van der Waals surface area contributed by atoms with Crippen molar-refractivity contribution >= 4 is 17.8 Å². The van der Waals surface area contributed by atoms with E-state index in [-0.39, 0.29) is 30.7 Å². The molecule has 90 valence electrons. The van der Waals surface area contributed by atoms with Crippen LogP contribution in [-0.2, 0) is 14.4 Å². The lowest BCUT2D eigenvalue weighted by molar-refractivity contribution is -0.152. The number of hydrogen-bond donors (Lipinski definition) is 1. The molecule has 1 N–H and O–H groups in total. The Bertz CT molecular complexity index is 339. The summed E-state index contributed by atoms with van der Waals surface area (Å²) in [5.74, 6) is -1.82. The second kappa shape index (κ2) is 4.23. The number of carboxylic acids is 1. The van der Waals surface area contributed by atoms with Crippen LogP contribution >= 0.6 is 0 Å². The summed E-state index contributed by atoms with van der Waals surface area (Å²) >= 11 is 0. The van der Waals surface area contributed by atoms with E-state index in [1.165, 1.54) is 0 Å². The number of carbonyl (C=O) groups excluding carboxylic acids is 2. The zero-order valence-corrected chi connectivity index (χ0v) is 9.82. The summed E-state index contributed by atoms with van der Waals surface area (Å²) in [5.41, 5.74) is -1.05. The molecule has 1 heterocycles. The largest absolute Gasteiger partial charge is 0.481 e. The molecule has 0 saturated carbocycles. The predicted octanol–water partition coefficient (Wildman–Crippen LogP) is 0.882. The van der Waals surface area contributed by atoms with Crippen LogP contribution in [0.3, 0.4) is 0 Å². The van der Waals surface area contributed by atoms with Crippen LogP contribution < -0.4 is 0 Å². The van der Waals surface area contributed by atoms with E-state index in [1.807, 2.05) is 0 Å². The number of carbonyl (C=O) groups is 3. The molecule has 2 unspecified atom stereocenters. The highest BCUT2D eigenvalue weighted by atomic mass is 16.4. The Labute approximate surface area is 94.4 Å². The fourth-order valence-corrected chi connectivity index (χ4v) is 1.69. The lowest BCUT2D eigenvalue weighted by Gasteiger charge is -2.27. The van der Waals surface area contributed by atoms with Crippen molar-refractivity contribution in [3.05, 3.63) is 0 Å². The van der Waals surface area contributed by atoms with Crippen molar-refractivity contribution in [3.63, 3.8) is 0 Å². The molecule has 0 radical (unpaired) electrons. The van der Waals surface area contributed by atoms with Gasteiger partial charge in [-0.05, 0) is 13.3 Å². The molecule has 1 rings (SSSR count). The van der Waals surface area contributed by atoms with Gasteiger partial charge in [0.25, 0.3) is 0 Å². The maximum atomic E-state index is 11.6. The normalized spacial score (nSPS) is 24.7. The van der Waals surface area contributed by atoms with Gasteiger partial charge in [-0.3, -0.25) is 19.3 Å². The number of likely N-dealkylation sites (tertiary alicyclic amines) is 1. The lowest BCUT2D eigenvalue weighted by Crippen LogP contribution is -2.43. The third kappa shape index (κ3) is 2.08. The molecule has 0 aromatic heterocycles. The molecule has 1 aliphatic heterocycles. The molecular formula is C11H17NO4. The molecule has 1 saturated heterocycles. The van der Waals surface area contributed by atoms with Crippen LogP contribution in [0.25, 0.3) is 0 Å². The van der Waals surface area contributed by atoms with Gasteiger partial charge in [-0.1, -0.05) is 13.8 Å². The summed E-state index contributed by atoms with van der Waals surface area (Å²) in [6.45, 7) is 4.95. The highest BCUT2D eigenvalue weighted by Gasteiger charge is 2.42. The molecule has 2 amide bonds. The van der Waals surface area contributed by atoms with Gasteiger partial charge >= 0.3 is 5.97 Å². The SMILES string of the molecule is CCC(C)(CN1C(=O)CC(C)C1=O)C(=O)O. The van der Waals surface area contributed by atoms with Crippen LogP contribution in [-0.4, -0.2) is 34.3 Å². The topological polar surface area (TPSA) is 74.7 Å². The number of carboxylic acid groups (broad SMARTS) is 1. The van der Waals surface area contributed by atoms with E-state index in [4.69, 9.17) is 5.11 Å². The maximum Gasteiger partial charge on any atom is 0.311 e. The molecule has 0 aromatic rings. The van der Waals surface area contributed by atoms with Crippen molar-refractivity contribution in [2.24, 2.45) is 11.3 Å². The minimum Gasteiger partial charge on any atom is -0.481 e. The fourth-order valence-electron chi connectivity index (χ4n) is 1.69. The number of amides is 2. The molecule has 0 spiro atoms. The third-order valence-electron chi connectivity index (χ3n) is 3.27. The lowest BCUT2D eigenvalue weighted by atomic mass is 9.87. The minimum absolute atomic E-state index is 0.0269. The number of rotatable bonds is 4. The quantitative estimate of drug-likeness (QED) is 0.723. The van der Waals surface area contributed by atoms with Gasteiger partial charge in [-0.15, -0.1) is 0 Å². The molecule has 1 fully saturated rings. The first kappa shape index (κ1) is 12.7. The Balaban J connectivity index is 2.84. The smallest absolute Gasteiger partial charge is 0.311 e. The summed E-state index contributed by atoms with van der Waals surface area (Å²) in [7, 11) is 0. The average Bonchev–Trinajstić information content (AvgIpc) is 2.44. The minimum atomic E-state index is -1.05. The molecule has 2 atom stereocenters. The van der Waals surface area contributed by atoms with Crippen LogP contribution in [0.4, 0.5) is 0 Å². The highest BCUT2D eigenvalue weighted by molar-refractivity contribution is 6.03. The van der Waals surface area contributed by atoms with Crippen LogP contribution in [0.2, 0.25) is 0 Å². The van der Waals surface area contributed by atoms with Crippen LogP contribution in [0.1, 0.15) is 33.6 Å². The first-order valence-electron chi connectivity index (χ1n) is 5.39. The Morgan fingerprint density at radius 1 is 1.56 bits per heavy atom. The van der Waals surface area contributed by atoms with E-state index in [2.05, 4.69) is 0 Å². The van der Waals surface area contributed by atoms with Crippen LogP contribution in [0.5, 0.6) is 0 Å². The van der Waals surface area contributed by atoms with Gasteiger partial charge in [0, 0.05) is 18.9 Å². The molecular weight excluding hydrogens is 210 g/mol. The molecule has 0 aliphatic carbocycles. The highest BCUT2D eigenvalue weighted by Crippen LogP contribution is 2.27. The van der Waals surface area contributed by atoms with Gasteiger partial charge in [0.2, 0.25) is 11.8 Å². The molecule has 5 heteroatoms. The van der Waals surface area contributed by atoms with Crippen molar-refractivity contribution in [3.8, 4) is 0 Å². The Kier molecular flexibility index (Phi) is 3.35. The van der Waals surface area contributed by atoms with Gasteiger partial charge in [0.05, 0.1) is 5.41 Å². The van der Waals surface area contributed by atoms with E-state index in [0.717, 1.165) is 4.90 Å². The molecule has 1 aliphatic rings. The summed E-state index contributed by atoms with van der Waals surface area (Å²) in [4.78, 5) is 35.3. The molecule has 5 nitrogen and oxygen atoms in total. The van der Waals surface area contributed by atoms with E-state index >= 15 is 0 Å². The van der Waals surface area contributed by atoms with E-state index in [0.29, 0.717) is 6.42 Å². The summed E-state index contributed by atoms with van der Waals surface area (Å²) in [5, 5.41) is 9.08. The molecule has 0 bridgehead atoms. The van der Waals surface area contributed by atoms with Crippen molar-refractivity contribution in [1.82, 2.24) is 4.90 Å². The second-order valence-electron chi connectivity index (χ2n) is 4.64. The van der Waals surface area contributed by atoms with Crippen molar-refractivity contribution in [1.29, 1.82) is 0 Å². The monoisotopic (exact) mass is 227 g/mol. The van der Waals surface area contributed by atoms with Crippen LogP contribution in [0, 0.1) is 11.3 Å². The number of imide groups is 1. The standard InChI is InChI=1S/C11H17NO4/c1-4-11(3,10(15)16)6-12-8(13)5-7(2)9(12)14/h7H,4-6H2,1-3H3,(H,15,16). The van der Waals surface area contributed by atoms with Crippen molar-refractivity contribution < 1.29 is 19.5 Å². The average molecular weight is 227 g/mol. The Morgan fingerprint density at radius 3 is 2.44 bits per heavy atom. The van der Waals surface area contributed by atoms with Crippen molar-refractivity contribution in [2.45, 2.75) is 33.6 Å². The van der Waals surface area contributed by atoms with Gasteiger partial charge in [0.15, 0.2) is 0 Å².